The van der Waals surface area contributed by atoms with E-state index in [2.05, 4.69) is 38.8 Å². The summed E-state index contributed by atoms with van der Waals surface area (Å²) < 4.78 is 0.944. The molecule has 0 fully saturated rings. The van der Waals surface area contributed by atoms with E-state index in [0.29, 0.717) is 0 Å². The van der Waals surface area contributed by atoms with E-state index < -0.39 is 0 Å². The SMILES string of the molecule is CC(=C(Br)Br)C1CCCc2c1cccc2[N+](=O)[O-]. The molecule has 1 aliphatic rings. The monoisotopic (exact) mass is 373 g/mol. The lowest BCUT2D eigenvalue weighted by molar-refractivity contribution is -0.385. The molecule has 0 spiro atoms. The molecule has 1 aromatic carbocycles. The number of nitro benzene ring substituents is 1. The fraction of sp³-hybridized carbons (Fsp3) is 0.385. The molecule has 5 heteroatoms. The van der Waals surface area contributed by atoms with Crippen molar-refractivity contribution in [3.05, 3.63) is 48.4 Å². The number of halogens is 2. The zero-order valence-electron chi connectivity index (χ0n) is 9.95. The normalized spacial score (nSPS) is 18.1. The van der Waals surface area contributed by atoms with Crippen LogP contribution in [0.3, 0.4) is 0 Å². The third kappa shape index (κ3) is 2.52. The molecule has 0 amide bonds. The molecule has 0 heterocycles. The second kappa shape index (κ2) is 5.53. The molecule has 0 N–H and O–H groups in total. The molecule has 1 unspecified atom stereocenters. The lowest BCUT2D eigenvalue weighted by atomic mass is 9.79. The third-order valence-electron chi connectivity index (χ3n) is 3.50. The zero-order chi connectivity index (χ0) is 13.3. The van der Waals surface area contributed by atoms with Crippen molar-refractivity contribution in [2.45, 2.75) is 32.1 Å². The summed E-state index contributed by atoms with van der Waals surface area (Å²) in [5.74, 6) is 0.266. The Morgan fingerprint density at radius 3 is 2.78 bits per heavy atom. The highest BCUT2D eigenvalue weighted by Crippen LogP contribution is 2.42. The summed E-state index contributed by atoms with van der Waals surface area (Å²) in [5.41, 5.74) is 3.45. The molecule has 0 bridgehead atoms. The fourth-order valence-electron chi connectivity index (χ4n) is 2.58. The first kappa shape index (κ1) is 13.7. The quantitative estimate of drug-likeness (QED) is 0.537. The van der Waals surface area contributed by atoms with Crippen molar-refractivity contribution in [2.24, 2.45) is 0 Å². The van der Waals surface area contributed by atoms with Crippen LogP contribution < -0.4 is 0 Å². The minimum atomic E-state index is -0.274. The molecular weight excluding hydrogens is 362 g/mol. The summed E-state index contributed by atoms with van der Waals surface area (Å²) >= 11 is 6.87. The molecule has 0 saturated heterocycles. The highest BCUT2D eigenvalue weighted by Gasteiger charge is 2.27. The maximum atomic E-state index is 11.1. The molecule has 0 aromatic heterocycles. The van der Waals surface area contributed by atoms with Crippen molar-refractivity contribution in [3.63, 3.8) is 0 Å². The number of benzene rings is 1. The van der Waals surface area contributed by atoms with Crippen LogP contribution in [-0.2, 0) is 6.42 Å². The molecular formula is C13H13Br2NO2. The lowest BCUT2D eigenvalue weighted by Gasteiger charge is -2.26. The number of allylic oxidation sites excluding steroid dienone is 1. The molecule has 1 aromatic rings. The molecule has 18 heavy (non-hydrogen) atoms. The Hall–Kier alpha value is -0.680. The van der Waals surface area contributed by atoms with Gasteiger partial charge in [0.25, 0.3) is 5.69 Å². The van der Waals surface area contributed by atoms with Gasteiger partial charge < -0.3 is 0 Å². The Labute approximate surface area is 123 Å². The summed E-state index contributed by atoms with van der Waals surface area (Å²) in [6, 6.07) is 5.40. The average molecular weight is 375 g/mol. The highest BCUT2D eigenvalue weighted by atomic mass is 79.9. The molecule has 3 nitrogen and oxygen atoms in total. The van der Waals surface area contributed by atoms with Crippen LogP contribution in [0.2, 0.25) is 0 Å². The van der Waals surface area contributed by atoms with Crippen LogP contribution >= 0.6 is 31.9 Å². The summed E-state index contributed by atoms with van der Waals surface area (Å²) in [5, 5.41) is 11.1. The number of fused-ring (bicyclic) bond motifs is 1. The zero-order valence-corrected chi connectivity index (χ0v) is 13.1. The van der Waals surface area contributed by atoms with E-state index in [-0.39, 0.29) is 16.5 Å². The van der Waals surface area contributed by atoms with Gasteiger partial charge in [-0.05, 0) is 69.2 Å². The Morgan fingerprint density at radius 1 is 1.44 bits per heavy atom. The largest absolute Gasteiger partial charge is 0.272 e. The number of hydrogen-bond donors (Lipinski definition) is 0. The van der Waals surface area contributed by atoms with Crippen molar-refractivity contribution < 1.29 is 4.92 Å². The van der Waals surface area contributed by atoms with E-state index in [9.17, 15) is 10.1 Å². The van der Waals surface area contributed by atoms with Crippen LogP contribution in [-0.4, -0.2) is 4.92 Å². The molecule has 0 aliphatic heterocycles. The Morgan fingerprint density at radius 2 is 2.17 bits per heavy atom. The summed E-state index contributed by atoms with van der Waals surface area (Å²) in [4.78, 5) is 10.8. The standard InChI is InChI=1S/C13H13Br2NO2/c1-8(13(14)15)9-4-2-6-11-10(9)5-3-7-12(11)16(17)18/h3,5,7,9H,2,4,6H2,1H3. The summed E-state index contributed by atoms with van der Waals surface area (Å²) in [6.07, 6.45) is 2.84. The van der Waals surface area contributed by atoms with Gasteiger partial charge in [0.1, 0.15) is 0 Å². The molecule has 96 valence electrons. The van der Waals surface area contributed by atoms with Crippen LogP contribution in [0.1, 0.15) is 36.8 Å². The molecule has 0 saturated carbocycles. The van der Waals surface area contributed by atoms with Gasteiger partial charge in [0.15, 0.2) is 0 Å². The lowest BCUT2D eigenvalue weighted by Crippen LogP contribution is -2.13. The predicted octanol–water partition coefficient (Wildman–Crippen LogP) is 5.04. The minimum Gasteiger partial charge on any atom is -0.258 e. The molecule has 1 aliphatic carbocycles. The van der Waals surface area contributed by atoms with Crippen molar-refractivity contribution in [3.8, 4) is 0 Å². The smallest absolute Gasteiger partial charge is 0.258 e. The van der Waals surface area contributed by atoms with Crippen molar-refractivity contribution in [1.82, 2.24) is 0 Å². The van der Waals surface area contributed by atoms with Gasteiger partial charge in [-0.15, -0.1) is 0 Å². The van der Waals surface area contributed by atoms with Gasteiger partial charge in [-0.25, -0.2) is 0 Å². The van der Waals surface area contributed by atoms with Crippen LogP contribution in [0, 0.1) is 10.1 Å². The topological polar surface area (TPSA) is 43.1 Å². The number of rotatable bonds is 2. The van der Waals surface area contributed by atoms with E-state index >= 15 is 0 Å². The Kier molecular flexibility index (Phi) is 4.22. The first-order chi connectivity index (χ1) is 8.52. The molecule has 0 radical (unpaired) electrons. The maximum Gasteiger partial charge on any atom is 0.272 e. The predicted molar refractivity (Wildman–Crippen MR) is 79.3 cm³/mol. The van der Waals surface area contributed by atoms with Gasteiger partial charge in [0.2, 0.25) is 0 Å². The number of nitro groups is 1. The first-order valence-corrected chi connectivity index (χ1v) is 7.39. The van der Waals surface area contributed by atoms with Gasteiger partial charge in [0.05, 0.1) is 8.31 Å². The van der Waals surface area contributed by atoms with Gasteiger partial charge in [0, 0.05) is 17.5 Å². The van der Waals surface area contributed by atoms with E-state index in [0.717, 1.165) is 33.8 Å². The van der Waals surface area contributed by atoms with Gasteiger partial charge in [-0.2, -0.15) is 0 Å². The van der Waals surface area contributed by atoms with E-state index in [1.54, 1.807) is 12.1 Å². The first-order valence-electron chi connectivity index (χ1n) is 5.80. The maximum absolute atomic E-state index is 11.1. The fourth-order valence-corrected chi connectivity index (χ4v) is 3.13. The second-order valence-corrected chi connectivity index (χ2v) is 7.14. The van der Waals surface area contributed by atoms with E-state index in [4.69, 9.17) is 0 Å². The Balaban J connectivity index is 2.55. The average Bonchev–Trinajstić information content (AvgIpc) is 2.36. The van der Waals surface area contributed by atoms with Crippen LogP contribution in [0.5, 0.6) is 0 Å². The Bertz CT molecular complexity index is 522. The summed E-state index contributed by atoms with van der Waals surface area (Å²) in [6.45, 7) is 2.05. The van der Waals surface area contributed by atoms with E-state index in [1.807, 2.05) is 6.07 Å². The second-order valence-electron chi connectivity index (χ2n) is 4.49. The highest BCUT2D eigenvalue weighted by molar-refractivity contribution is 9.28. The van der Waals surface area contributed by atoms with Crippen molar-refractivity contribution in [1.29, 1.82) is 0 Å². The summed E-state index contributed by atoms with van der Waals surface area (Å²) in [7, 11) is 0. The number of nitrogens with zero attached hydrogens (tertiary/aromatic N) is 1. The van der Waals surface area contributed by atoms with E-state index in [1.165, 1.54) is 5.57 Å². The van der Waals surface area contributed by atoms with Gasteiger partial charge in [-0.3, -0.25) is 10.1 Å². The van der Waals surface area contributed by atoms with Gasteiger partial charge in [-0.1, -0.05) is 12.1 Å². The number of hydrogen-bond acceptors (Lipinski definition) is 2. The molecule has 2 rings (SSSR count). The van der Waals surface area contributed by atoms with Crippen LogP contribution in [0.4, 0.5) is 5.69 Å². The van der Waals surface area contributed by atoms with Crippen LogP contribution in [0.25, 0.3) is 0 Å². The van der Waals surface area contributed by atoms with Crippen molar-refractivity contribution >= 4 is 37.5 Å². The van der Waals surface area contributed by atoms with Crippen molar-refractivity contribution in [2.75, 3.05) is 0 Å². The van der Waals surface area contributed by atoms with Crippen LogP contribution in [0.15, 0.2) is 27.2 Å². The third-order valence-corrected chi connectivity index (χ3v) is 4.75. The molecule has 1 atom stereocenters. The van der Waals surface area contributed by atoms with Gasteiger partial charge >= 0.3 is 0 Å². The minimum absolute atomic E-state index is 0.260.